The van der Waals surface area contributed by atoms with Crippen molar-refractivity contribution in [1.82, 2.24) is 9.97 Å². The number of nitrogens with zero attached hydrogens (tertiary/aromatic N) is 5. The lowest BCUT2D eigenvalue weighted by atomic mass is 10.2. The molecule has 2 aromatic rings. The molecule has 1 aliphatic heterocycles. The smallest absolute Gasteiger partial charge is 0.384 e. The van der Waals surface area contributed by atoms with Crippen LogP contribution in [0, 0.1) is 11.3 Å². The van der Waals surface area contributed by atoms with Gasteiger partial charge in [-0.3, -0.25) is 0 Å². The fraction of sp³-hybridized carbons (Fsp3) is 0.312. The van der Waals surface area contributed by atoms with Gasteiger partial charge in [0.2, 0.25) is 0 Å². The first-order valence-corrected chi connectivity index (χ1v) is 7.58. The van der Waals surface area contributed by atoms with Gasteiger partial charge in [0.25, 0.3) is 0 Å². The fourth-order valence-electron chi connectivity index (χ4n) is 2.72. The van der Waals surface area contributed by atoms with Gasteiger partial charge in [-0.25, -0.2) is 9.97 Å². The molecule has 0 bridgehead atoms. The second-order valence-electron chi connectivity index (χ2n) is 5.59. The molecule has 0 unspecified atom stereocenters. The molecular weight excluding hydrogens is 333 g/mol. The van der Waals surface area contributed by atoms with Crippen molar-refractivity contribution in [3.05, 3.63) is 41.7 Å². The third-order valence-corrected chi connectivity index (χ3v) is 4.03. The van der Waals surface area contributed by atoms with Gasteiger partial charge in [-0.05, 0) is 24.3 Å². The first-order valence-electron chi connectivity index (χ1n) is 7.58. The van der Waals surface area contributed by atoms with Gasteiger partial charge in [0.15, 0.2) is 5.69 Å². The summed E-state index contributed by atoms with van der Waals surface area (Å²) in [6, 6.07) is 7.35. The van der Waals surface area contributed by atoms with Crippen molar-refractivity contribution in [2.75, 3.05) is 41.7 Å². The van der Waals surface area contributed by atoms with Crippen LogP contribution in [0.5, 0.6) is 0 Å². The van der Waals surface area contributed by atoms with E-state index in [1.54, 1.807) is 12.3 Å². The van der Waals surface area contributed by atoms with Crippen LogP contribution in [0.4, 0.5) is 30.5 Å². The van der Waals surface area contributed by atoms with Gasteiger partial charge >= 0.3 is 6.18 Å². The highest BCUT2D eigenvalue weighted by Gasteiger charge is 2.35. The number of nitrogens with two attached hydrogens (primary N) is 1. The van der Waals surface area contributed by atoms with Crippen LogP contribution < -0.4 is 15.5 Å². The van der Waals surface area contributed by atoms with Crippen molar-refractivity contribution >= 4 is 17.3 Å². The summed E-state index contributed by atoms with van der Waals surface area (Å²) in [6.07, 6.45) is -2.90. The molecule has 3 rings (SSSR count). The highest BCUT2D eigenvalue weighted by Crippen LogP contribution is 2.32. The molecule has 0 saturated carbocycles. The van der Waals surface area contributed by atoms with Gasteiger partial charge in [-0.15, -0.1) is 0 Å². The summed E-state index contributed by atoms with van der Waals surface area (Å²) in [6.45, 7) is 2.48. The first kappa shape index (κ1) is 16.8. The molecule has 130 valence electrons. The maximum atomic E-state index is 12.9. The van der Waals surface area contributed by atoms with Gasteiger partial charge in [-0.1, -0.05) is 0 Å². The summed E-state index contributed by atoms with van der Waals surface area (Å²) in [4.78, 5) is 11.9. The largest absolute Gasteiger partial charge is 0.419 e. The number of pyridine rings is 2. The van der Waals surface area contributed by atoms with Crippen LogP contribution in [0.25, 0.3) is 0 Å². The molecule has 0 amide bonds. The lowest BCUT2D eigenvalue weighted by molar-refractivity contribution is -0.138. The van der Waals surface area contributed by atoms with Crippen LogP contribution in [0.3, 0.4) is 0 Å². The topological polar surface area (TPSA) is 82.1 Å². The SMILES string of the molecule is N#Cc1nc(N2CCN(c3ccc(N)nc3)CC2)ccc1C(F)(F)F. The maximum Gasteiger partial charge on any atom is 0.419 e. The van der Waals surface area contributed by atoms with Crippen molar-refractivity contribution in [2.45, 2.75) is 6.18 Å². The van der Waals surface area contributed by atoms with Crippen LogP contribution in [0.15, 0.2) is 30.5 Å². The molecule has 0 radical (unpaired) electrons. The Morgan fingerprint density at radius 3 is 2.28 bits per heavy atom. The van der Waals surface area contributed by atoms with Crippen LogP contribution in [-0.2, 0) is 6.18 Å². The Morgan fingerprint density at radius 2 is 1.72 bits per heavy atom. The lowest BCUT2D eigenvalue weighted by Gasteiger charge is -2.36. The molecule has 0 aromatic carbocycles. The summed E-state index contributed by atoms with van der Waals surface area (Å²) in [7, 11) is 0. The standard InChI is InChI=1S/C16H15F3N6/c17-16(18,19)12-2-4-15(23-13(12)9-20)25-7-5-24(6-8-25)11-1-3-14(21)22-10-11/h1-4,10H,5-8H2,(H2,21,22). The first-order chi connectivity index (χ1) is 11.9. The zero-order valence-corrected chi connectivity index (χ0v) is 13.2. The molecule has 6 nitrogen and oxygen atoms in total. The minimum Gasteiger partial charge on any atom is -0.384 e. The van der Waals surface area contributed by atoms with Gasteiger partial charge < -0.3 is 15.5 Å². The quantitative estimate of drug-likeness (QED) is 0.897. The average Bonchev–Trinajstić information content (AvgIpc) is 2.61. The Balaban J connectivity index is 1.73. The predicted octanol–water partition coefficient (Wildman–Crippen LogP) is 2.28. The van der Waals surface area contributed by atoms with E-state index >= 15 is 0 Å². The summed E-state index contributed by atoms with van der Waals surface area (Å²) in [5, 5.41) is 8.96. The van der Waals surface area contributed by atoms with E-state index in [4.69, 9.17) is 11.0 Å². The number of rotatable bonds is 2. The molecule has 3 heterocycles. The summed E-state index contributed by atoms with van der Waals surface area (Å²) in [5.74, 6) is 0.819. The van der Waals surface area contributed by atoms with E-state index in [1.807, 2.05) is 11.0 Å². The van der Waals surface area contributed by atoms with E-state index in [2.05, 4.69) is 14.9 Å². The Bertz CT molecular complexity index is 789. The van der Waals surface area contributed by atoms with Crippen molar-refractivity contribution in [1.29, 1.82) is 5.26 Å². The molecule has 1 aliphatic rings. The van der Waals surface area contributed by atoms with E-state index in [0.29, 0.717) is 37.8 Å². The normalized spacial score (nSPS) is 15.1. The van der Waals surface area contributed by atoms with Gasteiger partial charge in [-0.2, -0.15) is 18.4 Å². The van der Waals surface area contributed by atoms with Gasteiger partial charge in [0.05, 0.1) is 17.4 Å². The van der Waals surface area contributed by atoms with E-state index in [-0.39, 0.29) is 0 Å². The molecule has 1 fully saturated rings. The lowest BCUT2D eigenvalue weighted by Crippen LogP contribution is -2.47. The zero-order valence-electron chi connectivity index (χ0n) is 13.2. The number of piperazine rings is 1. The van der Waals surface area contributed by atoms with Crippen LogP contribution >= 0.6 is 0 Å². The van der Waals surface area contributed by atoms with Crippen LogP contribution in [0.2, 0.25) is 0 Å². The molecule has 0 atom stereocenters. The van der Waals surface area contributed by atoms with Crippen molar-refractivity contribution in [2.24, 2.45) is 0 Å². The Kier molecular flexibility index (Phi) is 4.35. The number of alkyl halides is 3. The number of nitrogen functional groups attached to an aromatic ring is 1. The minimum absolute atomic E-state index is 0.375. The number of nitriles is 1. The molecule has 9 heteroatoms. The number of hydrogen-bond donors (Lipinski definition) is 1. The number of hydrogen-bond acceptors (Lipinski definition) is 6. The molecule has 0 aliphatic carbocycles. The molecule has 0 spiro atoms. The molecule has 25 heavy (non-hydrogen) atoms. The monoisotopic (exact) mass is 348 g/mol. The van der Waals surface area contributed by atoms with E-state index < -0.39 is 17.4 Å². The zero-order chi connectivity index (χ0) is 18.0. The number of halogens is 3. The molecule has 2 N–H and O–H groups in total. The Hall–Kier alpha value is -3.02. The molecular formula is C16H15F3N6. The Morgan fingerprint density at radius 1 is 1.04 bits per heavy atom. The third-order valence-electron chi connectivity index (χ3n) is 4.03. The van der Waals surface area contributed by atoms with E-state index in [9.17, 15) is 13.2 Å². The minimum atomic E-state index is -4.59. The Labute approximate surface area is 142 Å². The van der Waals surface area contributed by atoms with Gasteiger partial charge in [0.1, 0.15) is 17.7 Å². The summed E-state index contributed by atoms with van der Waals surface area (Å²) in [5.41, 5.74) is 4.90. The maximum absolute atomic E-state index is 12.9. The summed E-state index contributed by atoms with van der Waals surface area (Å²) >= 11 is 0. The van der Waals surface area contributed by atoms with E-state index in [1.165, 1.54) is 12.1 Å². The van der Waals surface area contributed by atoms with Crippen LogP contribution in [0.1, 0.15) is 11.3 Å². The fourth-order valence-corrected chi connectivity index (χ4v) is 2.72. The van der Waals surface area contributed by atoms with Crippen LogP contribution in [-0.4, -0.2) is 36.1 Å². The highest BCUT2D eigenvalue weighted by atomic mass is 19.4. The highest BCUT2D eigenvalue weighted by molar-refractivity contribution is 5.51. The summed E-state index contributed by atoms with van der Waals surface area (Å²) < 4.78 is 38.6. The predicted molar refractivity (Wildman–Crippen MR) is 87.0 cm³/mol. The second kappa shape index (κ2) is 6.47. The van der Waals surface area contributed by atoms with Crippen molar-refractivity contribution in [3.63, 3.8) is 0 Å². The molecule has 2 aromatic heterocycles. The number of anilines is 3. The molecule has 1 saturated heterocycles. The number of aromatic nitrogens is 2. The van der Waals surface area contributed by atoms with Crippen molar-refractivity contribution in [3.8, 4) is 6.07 Å². The van der Waals surface area contributed by atoms with Crippen molar-refractivity contribution < 1.29 is 13.2 Å². The van der Waals surface area contributed by atoms with E-state index in [0.717, 1.165) is 11.8 Å². The third kappa shape index (κ3) is 3.57. The second-order valence-corrected chi connectivity index (χ2v) is 5.59. The average molecular weight is 348 g/mol. The van der Waals surface area contributed by atoms with Gasteiger partial charge in [0, 0.05) is 26.2 Å².